The zero-order chi connectivity index (χ0) is 35.0. The highest BCUT2D eigenvalue weighted by atomic mass is 79.9. The third-order valence-electron chi connectivity index (χ3n) is 12.9. The Morgan fingerprint density at radius 1 is 0.608 bits per heavy atom. The van der Waals surface area contributed by atoms with Gasteiger partial charge in [-0.1, -0.05) is 34.1 Å². The first-order valence-corrected chi connectivity index (χ1v) is 20.2. The minimum Gasteiger partial charge on any atom is -0.487 e. The van der Waals surface area contributed by atoms with Crippen LogP contribution >= 0.6 is 15.9 Å². The van der Waals surface area contributed by atoms with E-state index in [1.54, 1.807) is 0 Å². The van der Waals surface area contributed by atoms with Crippen LogP contribution < -0.4 is 9.47 Å². The van der Waals surface area contributed by atoms with Crippen LogP contribution in [0, 0.1) is 11.3 Å². The molecule has 0 atom stereocenters. The van der Waals surface area contributed by atoms with Gasteiger partial charge in [0.05, 0.1) is 11.6 Å². The summed E-state index contributed by atoms with van der Waals surface area (Å²) < 4.78 is 14.1. The molecule has 4 saturated heterocycles. The summed E-state index contributed by atoms with van der Waals surface area (Å²) in [7, 11) is 4.47. The van der Waals surface area contributed by atoms with Crippen molar-refractivity contribution in [1.29, 1.82) is 5.26 Å². The average Bonchev–Trinajstić information content (AvgIpc) is 3.69. The molecule has 0 saturated carbocycles. The second kappa shape index (κ2) is 14.8. The Morgan fingerprint density at radius 3 is 1.55 bits per heavy atom. The lowest BCUT2D eigenvalue weighted by Gasteiger charge is -2.44. The Morgan fingerprint density at radius 2 is 1.06 bits per heavy atom. The Kier molecular flexibility index (Phi) is 10.2. The third kappa shape index (κ3) is 7.75. The van der Waals surface area contributed by atoms with Gasteiger partial charge in [0.2, 0.25) is 0 Å². The van der Waals surface area contributed by atoms with Crippen LogP contribution in [-0.2, 0) is 12.8 Å². The predicted octanol–water partition coefficient (Wildman–Crippen LogP) is 7.40. The van der Waals surface area contributed by atoms with E-state index >= 15 is 0 Å². The smallest absolute Gasteiger partial charge is 0.123 e. The zero-order valence-electron chi connectivity index (χ0n) is 30.6. The molecule has 3 aromatic carbocycles. The number of hydrogen-bond acceptors (Lipinski definition) is 7. The van der Waals surface area contributed by atoms with E-state index in [1.807, 2.05) is 24.3 Å². The van der Waals surface area contributed by atoms with Crippen molar-refractivity contribution in [2.45, 2.75) is 87.5 Å². The number of nitriles is 1. The number of halogens is 1. The van der Waals surface area contributed by atoms with E-state index in [2.05, 4.69) is 92.1 Å². The molecule has 2 spiro atoms. The van der Waals surface area contributed by atoms with Gasteiger partial charge in [-0.25, -0.2) is 0 Å². The van der Waals surface area contributed by atoms with Crippen LogP contribution in [-0.4, -0.2) is 109 Å². The molecule has 3 aromatic rings. The first-order chi connectivity index (χ1) is 24.8. The number of nitrogens with zero attached hydrogens (tertiary/aromatic N) is 5. The average molecular weight is 753 g/mol. The fourth-order valence-electron chi connectivity index (χ4n) is 9.62. The standard InChI is InChI=1S/C25H29N3O.C18H25BrN2O/c1-27-12-8-23(9-13-27)28-14-10-25(11-15-28)17-22-16-21(6-7-24(22)29-25)20-4-2-19(18-26)3-5-20;1-20-8-4-16(5-9-20)21-10-6-18(7-11-21)13-14-12-15(19)2-3-17(14)22-18/h2-7,16,23H,8-15,17H2,1H3;2-3,12,16H,4-11,13H2,1H3. The molecule has 0 aliphatic carbocycles. The van der Waals surface area contributed by atoms with Crippen LogP contribution in [0.3, 0.4) is 0 Å². The highest BCUT2D eigenvalue weighted by Crippen LogP contribution is 2.44. The van der Waals surface area contributed by atoms with Crippen LogP contribution in [0.1, 0.15) is 68.1 Å². The van der Waals surface area contributed by atoms with E-state index in [9.17, 15) is 0 Å². The van der Waals surface area contributed by atoms with E-state index in [4.69, 9.17) is 14.7 Å². The molecule has 0 radical (unpaired) electrons. The van der Waals surface area contributed by atoms with Gasteiger partial charge in [-0.3, -0.25) is 9.80 Å². The molecule has 6 heterocycles. The quantitative estimate of drug-likeness (QED) is 0.277. The Bertz CT molecular complexity index is 1710. The first-order valence-electron chi connectivity index (χ1n) is 19.4. The summed E-state index contributed by atoms with van der Waals surface area (Å²) in [5.41, 5.74) is 5.84. The summed E-state index contributed by atoms with van der Waals surface area (Å²) in [6.45, 7) is 9.67. The number of hydrogen-bond donors (Lipinski definition) is 0. The van der Waals surface area contributed by atoms with E-state index < -0.39 is 0 Å². The number of ether oxygens (including phenoxy) is 2. The van der Waals surface area contributed by atoms with E-state index in [0.717, 1.165) is 72.4 Å². The molecule has 6 aliphatic heterocycles. The van der Waals surface area contributed by atoms with Crippen molar-refractivity contribution in [1.82, 2.24) is 19.6 Å². The van der Waals surface area contributed by atoms with Gasteiger partial charge in [0, 0.05) is 81.3 Å². The van der Waals surface area contributed by atoms with Gasteiger partial charge in [-0.2, -0.15) is 5.26 Å². The number of likely N-dealkylation sites (tertiary alicyclic amines) is 4. The molecular weight excluding hydrogens is 698 g/mol. The molecule has 4 fully saturated rings. The summed E-state index contributed by atoms with van der Waals surface area (Å²) >= 11 is 3.58. The minimum atomic E-state index is -0.00637. The molecule has 8 heteroatoms. The van der Waals surface area contributed by atoms with Gasteiger partial charge >= 0.3 is 0 Å². The van der Waals surface area contributed by atoms with E-state index in [-0.39, 0.29) is 11.2 Å². The normalized spacial score (nSPS) is 23.9. The lowest BCUT2D eigenvalue weighted by molar-refractivity contribution is -0.00423. The van der Waals surface area contributed by atoms with Gasteiger partial charge in [-0.15, -0.1) is 0 Å². The second-order valence-corrected chi connectivity index (χ2v) is 17.2. The number of rotatable bonds is 3. The maximum Gasteiger partial charge on any atom is 0.123 e. The van der Waals surface area contributed by atoms with Crippen molar-refractivity contribution in [2.75, 3.05) is 66.5 Å². The molecule has 0 bridgehead atoms. The van der Waals surface area contributed by atoms with Crippen LogP contribution in [0.25, 0.3) is 11.1 Å². The molecule has 51 heavy (non-hydrogen) atoms. The van der Waals surface area contributed by atoms with Crippen LogP contribution in [0.15, 0.2) is 65.1 Å². The monoisotopic (exact) mass is 751 g/mol. The van der Waals surface area contributed by atoms with Gasteiger partial charge in [-0.05, 0) is 131 Å². The summed E-state index contributed by atoms with van der Waals surface area (Å²) in [6, 6.07) is 24.6. The molecule has 0 aromatic heterocycles. The van der Waals surface area contributed by atoms with Crippen molar-refractivity contribution in [3.63, 3.8) is 0 Å². The summed E-state index contributed by atoms with van der Waals surface area (Å²) in [5.74, 6) is 2.17. The minimum absolute atomic E-state index is 0.00637. The lowest BCUT2D eigenvalue weighted by Crippen LogP contribution is -2.52. The first kappa shape index (κ1) is 35.1. The van der Waals surface area contributed by atoms with E-state index in [0.29, 0.717) is 5.56 Å². The summed E-state index contributed by atoms with van der Waals surface area (Å²) in [5, 5.41) is 9.01. The largest absolute Gasteiger partial charge is 0.487 e. The van der Waals surface area contributed by atoms with E-state index in [1.165, 1.54) is 94.5 Å². The Hall–Kier alpha value is -2.93. The van der Waals surface area contributed by atoms with Crippen LogP contribution in [0.4, 0.5) is 0 Å². The fraction of sp³-hybridized carbons (Fsp3) is 0.558. The van der Waals surface area contributed by atoms with Gasteiger partial charge < -0.3 is 19.3 Å². The Labute approximate surface area is 313 Å². The van der Waals surface area contributed by atoms with Gasteiger partial charge in [0.25, 0.3) is 0 Å². The predicted molar refractivity (Wildman–Crippen MR) is 208 cm³/mol. The van der Waals surface area contributed by atoms with Gasteiger partial charge in [0.15, 0.2) is 0 Å². The molecule has 6 aliphatic rings. The number of piperidine rings is 4. The third-order valence-corrected chi connectivity index (χ3v) is 13.4. The lowest BCUT2D eigenvalue weighted by atomic mass is 9.85. The topological polar surface area (TPSA) is 55.2 Å². The summed E-state index contributed by atoms with van der Waals surface area (Å²) in [4.78, 5) is 10.3. The van der Waals surface area contributed by atoms with Crippen LogP contribution in [0.2, 0.25) is 0 Å². The Balaban J connectivity index is 0.000000152. The van der Waals surface area contributed by atoms with Crippen molar-refractivity contribution in [3.8, 4) is 28.7 Å². The SMILES string of the molecule is CN1CCC(N2CCC3(CC2)Cc2cc(-c4ccc(C#N)cc4)ccc2O3)CC1.CN1CCC(N2CCC3(CC2)Cc2cc(Br)ccc2O3)CC1. The van der Waals surface area contributed by atoms with Crippen molar-refractivity contribution in [2.24, 2.45) is 0 Å². The number of fused-ring (bicyclic) bond motifs is 2. The highest BCUT2D eigenvalue weighted by Gasteiger charge is 2.44. The molecule has 0 amide bonds. The van der Waals surface area contributed by atoms with Crippen molar-refractivity contribution in [3.05, 3.63) is 81.8 Å². The summed E-state index contributed by atoms with van der Waals surface area (Å²) in [6.07, 6.45) is 12.0. The molecule has 0 N–H and O–H groups in total. The molecular formula is C43H54BrN5O2. The maximum absolute atomic E-state index is 9.01. The molecule has 9 rings (SSSR count). The fourth-order valence-corrected chi connectivity index (χ4v) is 10.0. The molecule has 0 unspecified atom stereocenters. The zero-order valence-corrected chi connectivity index (χ0v) is 32.2. The maximum atomic E-state index is 9.01. The van der Waals surface area contributed by atoms with Crippen molar-refractivity contribution < 1.29 is 9.47 Å². The molecule has 7 nitrogen and oxygen atoms in total. The number of benzene rings is 3. The second-order valence-electron chi connectivity index (χ2n) is 16.3. The molecule has 270 valence electrons. The van der Waals surface area contributed by atoms with Gasteiger partial charge in [0.1, 0.15) is 22.7 Å². The van der Waals surface area contributed by atoms with Crippen molar-refractivity contribution >= 4 is 15.9 Å². The van der Waals surface area contributed by atoms with Crippen LogP contribution in [0.5, 0.6) is 11.5 Å². The highest BCUT2D eigenvalue weighted by molar-refractivity contribution is 9.10.